The first-order valence-corrected chi connectivity index (χ1v) is 10.1. The van der Waals surface area contributed by atoms with E-state index in [2.05, 4.69) is 15.0 Å². The molecule has 180 valence electrons. The topological polar surface area (TPSA) is 125 Å². The third-order valence-corrected chi connectivity index (χ3v) is 4.79. The molecule has 2 aromatic carbocycles. The number of allylic oxidation sites excluding steroid dienone is 1. The highest BCUT2D eigenvalue weighted by molar-refractivity contribution is 6.12. The van der Waals surface area contributed by atoms with Gasteiger partial charge < -0.3 is 16.2 Å². The molecular formula is C24H19F4N5O2. The Balaban J connectivity index is 2.02. The number of carbonyl (C=O) groups excluding carboxylic acids is 1. The Kier molecular flexibility index (Phi) is 7.82. The molecule has 3 rings (SSSR count). The van der Waals surface area contributed by atoms with Gasteiger partial charge in [-0.05, 0) is 54.1 Å². The molecule has 0 aliphatic heterocycles. The van der Waals surface area contributed by atoms with Crippen molar-refractivity contribution >= 4 is 23.0 Å². The Morgan fingerprint density at radius 3 is 2.37 bits per heavy atom. The average molecular weight is 485 g/mol. The van der Waals surface area contributed by atoms with Gasteiger partial charge in [0.2, 0.25) is 0 Å². The number of benzene rings is 2. The monoisotopic (exact) mass is 485 g/mol. The summed E-state index contributed by atoms with van der Waals surface area (Å²) in [4.78, 5) is 24.0. The minimum absolute atomic E-state index is 0.0706. The van der Waals surface area contributed by atoms with E-state index in [1.807, 2.05) is 0 Å². The molecule has 0 fully saturated rings. The average Bonchev–Trinajstić information content (AvgIpc) is 2.84. The van der Waals surface area contributed by atoms with Crippen LogP contribution in [0.1, 0.15) is 27.3 Å². The number of rotatable bonds is 8. The van der Waals surface area contributed by atoms with Gasteiger partial charge in [0.25, 0.3) is 5.91 Å². The summed E-state index contributed by atoms with van der Waals surface area (Å²) in [5.74, 6) is -6.67. The summed E-state index contributed by atoms with van der Waals surface area (Å²) in [5.41, 5.74) is 3.77. The van der Waals surface area contributed by atoms with E-state index < -0.39 is 53.3 Å². The molecule has 0 bridgehead atoms. The number of aliphatic imine (C=N–C) groups is 1. The fourth-order valence-electron chi connectivity index (χ4n) is 3.03. The predicted molar refractivity (Wildman–Crippen MR) is 121 cm³/mol. The van der Waals surface area contributed by atoms with Gasteiger partial charge in [-0.2, -0.15) is 8.78 Å². The number of nitrogens with one attached hydrogen (secondary N) is 1. The number of hydrogen-bond acceptors (Lipinski definition) is 6. The summed E-state index contributed by atoms with van der Waals surface area (Å²) in [6.45, 7) is -1.63. The molecule has 7 nitrogen and oxygen atoms in total. The molecule has 3 aromatic rings. The second-order valence-corrected chi connectivity index (χ2v) is 7.25. The van der Waals surface area contributed by atoms with Crippen LogP contribution in [-0.4, -0.2) is 44.9 Å². The number of amides is 1. The molecule has 0 unspecified atom stereocenters. The lowest BCUT2D eigenvalue weighted by Crippen LogP contribution is -2.35. The molecule has 1 aromatic heterocycles. The van der Waals surface area contributed by atoms with Crippen LogP contribution in [0.5, 0.6) is 0 Å². The summed E-state index contributed by atoms with van der Waals surface area (Å²) in [6.07, 6.45) is 3.02. The van der Waals surface area contributed by atoms with Crippen molar-refractivity contribution in [3.8, 4) is 0 Å². The fraction of sp³-hybridized carbons (Fsp3) is 0.125. The minimum atomic E-state index is -3.88. The van der Waals surface area contributed by atoms with Crippen LogP contribution in [0, 0.1) is 17.0 Å². The largest absolute Gasteiger partial charge is 0.398 e. The molecule has 0 radical (unpaired) electrons. The van der Waals surface area contributed by atoms with Crippen LogP contribution in [0.15, 0.2) is 72.0 Å². The van der Waals surface area contributed by atoms with Crippen molar-refractivity contribution in [3.63, 3.8) is 0 Å². The van der Waals surface area contributed by atoms with Gasteiger partial charge in [0.05, 0.1) is 17.7 Å². The quantitative estimate of drug-likeness (QED) is 0.332. The Bertz CT molecular complexity index is 1290. The van der Waals surface area contributed by atoms with Gasteiger partial charge in [0.1, 0.15) is 29.8 Å². The van der Waals surface area contributed by atoms with Gasteiger partial charge >= 0.3 is 5.92 Å². The van der Waals surface area contributed by atoms with E-state index in [9.17, 15) is 22.4 Å². The first-order chi connectivity index (χ1) is 16.6. The third-order valence-electron chi connectivity index (χ3n) is 4.79. The van der Waals surface area contributed by atoms with E-state index in [1.54, 1.807) is 0 Å². The van der Waals surface area contributed by atoms with E-state index in [4.69, 9.17) is 16.2 Å². The maximum Gasteiger partial charge on any atom is 0.309 e. The number of aliphatic hydroxyl groups excluding tert-OH is 1. The Hall–Kier alpha value is -4.25. The lowest BCUT2D eigenvalue weighted by molar-refractivity contribution is 0.0122. The summed E-state index contributed by atoms with van der Waals surface area (Å²) in [5, 5.41) is 17.2. The molecule has 11 heteroatoms. The first kappa shape index (κ1) is 25.4. The van der Waals surface area contributed by atoms with Crippen LogP contribution < -0.4 is 5.73 Å². The number of aromatic nitrogens is 2. The standard InChI is InChI=1S/C24H19F4N5O2/c25-15-7-5-14(6-8-15)18(29)11-19(30)22-16(3-1-4-17(22)26)23(35)33-20(24(27,28)13-34)12-21-31-9-2-10-32-21/h1-11,29,34H,12-13,30H2. The molecule has 0 aliphatic rings. The van der Waals surface area contributed by atoms with Crippen LogP contribution in [-0.2, 0) is 6.42 Å². The lowest BCUT2D eigenvalue weighted by atomic mass is 10.0. The van der Waals surface area contributed by atoms with Crippen molar-refractivity contribution in [1.29, 1.82) is 5.41 Å². The van der Waals surface area contributed by atoms with E-state index in [0.717, 1.165) is 30.3 Å². The maximum absolute atomic E-state index is 14.7. The zero-order valence-electron chi connectivity index (χ0n) is 18.1. The van der Waals surface area contributed by atoms with E-state index in [-0.39, 0.29) is 22.8 Å². The normalized spacial score (nSPS) is 12.5. The highest BCUT2D eigenvalue weighted by Crippen LogP contribution is 2.23. The minimum Gasteiger partial charge on any atom is -0.398 e. The number of nitrogens with zero attached hydrogens (tertiary/aromatic N) is 3. The maximum atomic E-state index is 14.7. The highest BCUT2D eigenvalue weighted by atomic mass is 19.3. The van der Waals surface area contributed by atoms with Crippen molar-refractivity contribution in [2.24, 2.45) is 10.7 Å². The second-order valence-electron chi connectivity index (χ2n) is 7.25. The van der Waals surface area contributed by atoms with Crippen LogP contribution in [0.3, 0.4) is 0 Å². The number of alkyl halides is 2. The van der Waals surface area contributed by atoms with Crippen molar-refractivity contribution in [3.05, 3.63) is 101 Å². The van der Waals surface area contributed by atoms with Crippen LogP contribution in [0.2, 0.25) is 0 Å². The van der Waals surface area contributed by atoms with Gasteiger partial charge in [-0.1, -0.05) is 6.07 Å². The Morgan fingerprint density at radius 1 is 1.09 bits per heavy atom. The molecule has 1 heterocycles. The van der Waals surface area contributed by atoms with Gasteiger partial charge in [-0.15, -0.1) is 0 Å². The first-order valence-electron chi connectivity index (χ1n) is 10.1. The number of aliphatic hydroxyl groups is 1. The van der Waals surface area contributed by atoms with Gasteiger partial charge in [-0.3, -0.25) is 4.79 Å². The predicted octanol–water partition coefficient (Wildman–Crippen LogP) is 3.57. The Labute approximate surface area is 197 Å². The van der Waals surface area contributed by atoms with E-state index in [1.165, 1.54) is 36.7 Å². The highest BCUT2D eigenvalue weighted by Gasteiger charge is 2.36. The lowest BCUT2D eigenvalue weighted by Gasteiger charge is -2.16. The summed E-state index contributed by atoms with van der Waals surface area (Å²) >= 11 is 0. The van der Waals surface area contributed by atoms with E-state index >= 15 is 0 Å². The molecule has 0 atom stereocenters. The number of halogens is 4. The van der Waals surface area contributed by atoms with Crippen LogP contribution in [0.25, 0.3) is 5.70 Å². The molecule has 0 saturated heterocycles. The summed E-state index contributed by atoms with van der Waals surface area (Å²) in [6, 6.07) is 9.65. The molecule has 0 aliphatic carbocycles. The second kappa shape index (κ2) is 10.8. The third kappa shape index (κ3) is 6.21. The molecular weight excluding hydrogens is 466 g/mol. The van der Waals surface area contributed by atoms with Crippen LogP contribution in [0.4, 0.5) is 17.6 Å². The van der Waals surface area contributed by atoms with Crippen molar-refractivity contribution in [2.45, 2.75) is 12.3 Å². The number of carbonyl (C=O) groups is 1. The van der Waals surface area contributed by atoms with Gasteiger partial charge in [-0.25, -0.2) is 23.7 Å². The zero-order chi connectivity index (χ0) is 25.6. The summed E-state index contributed by atoms with van der Waals surface area (Å²) in [7, 11) is 0. The molecule has 0 saturated carbocycles. The molecule has 4 N–H and O–H groups in total. The van der Waals surface area contributed by atoms with Crippen molar-refractivity contribution < 1.29 is 27.5 Å². The SMILES string of the molecule is N=C(C=C(N)c1c(F)cccc1C(=O)N=C(Cc1ncccn1)C(F)(F)CO)c1ccc(F)cc1. The summed E-state index contributed by atoms with van der Waals surface area (Å²) < 4.78 is 56.5. The molecule has 1 amide bonds. The molecule has 0 spiro atoms. The van der Waals surface area contributed by atoms with E-state index in [0.29, 0.717) is 0 Å². The Morgan fingerprint density at radius 2 is 1.74 bits per heavy atom. The number of nitrogens with two attached hydrogens (primary N) is 1. The van der Waals surface area contributed by atoms with Gasteiger partial charge in [0, 0.05) is 23.7 Å². The van der Waals surface area contributed by atoms with Crippen LogP contribution >= 0.6 is 0 Å². The fourth-order valence-corrected chi connectivity index (χ4v) is 3.03. The number of hydrogen-bond donors (Lipinski definition) is 3. The molecule has 35 heavy (non-hydrogen) atoms. The zero-order valence-corrected chi connectivity index (χ0v) is 18.1. The van der Waals surface area contributed by atoms with Crippen molar-refractivity contribution in [2.75, 3.05) is 6.61 Å². The smallest absolute Gasteiger partial charge is 0.309 e. The van der Waals surface area contributed by atoms with Gasteiger partial charge in [0.15, 0.2) is 0 Å². The van der Waals surface area contributed by atoms with Crippen molar-refractivity contribution in [1.82, 2.24) is 9.97 Å².